The molecule has 0 aliphatic rings. The lowest BCUT2D eigenvalue weighted by Crippen LogP contribution is -2.13. The number of hydrogen-bond donors (Lipinski definition) is 1. The van der Waals surface area contributed by atoms with Gasteiger partial charge in [0.25, 0.3) is 15.7 Å². The Morgan fingerprint density at radius 3 is 2.41 bits per heavy atom. The van der Waals surface area contributed by atoms with Crippen LogP contribution in [0.2, 0.25) is 0 Å². The molecule has 0 unspecified atom stereocenters. The average molecular weight is 385 g/mol. The summed E-state index contributed by atoms with van der Waals surface area (Å²) >= 11 is 0. The second-order valence-corrected chi connectivity index (χ2v) is 7.17. The van der Waals surface area contributed by atoms with E-state index < -0.39 is 14.9 Å². The molecule has 0 atom stereocenters. The standard InChI is InChI=1S/C18H15N3O5S/c1-26-14-7-10-18(16(12-14)17-4-2-3-11-19-17)20-27(24,25)15-8-5-13(6-9-15)21(22)23/h2-12,20H,1H3. The third-order valence-electron chi connectivity index (χ3n) is 3.77. The molecular formula is C18H15N3O5S. The first-order chi connectivity index (χ1) is 12.9. The highest BCUT2D eigenvalue weighted by atomic mass is 32.2. The van der Waals surface area contributed by atoms with Crippen molar-refractivity contribution < 1.29 is 18.1 Å². The predicted octanol–water partition coefficient (Wildman–Crippen LogP) is 3.47. The van der Waals surface area contributed by atoms with Crippen molar-refractivity contribution in [2.45, 2.75) is 4.90 Å². The Morgan fingerprint density at radius 1 is 1.07 bits per heavy atom. The van der Waals surface area contributed by atoms with Crippen LogP contribution in [-0.2, 0) is 10.0 Å². The van der Waals surface area contributed by atoms with Crippen LogP contribution >= 0.6 is 0 Å². The topological polar surface area (TPSA) is 111 Å². The van der Waals surface area contributed by atoms with Crippen molar-refractivity contribution in [3.63, 3.8) is 0 Å². The van der Waals surface area contributed by atoms with Gasteiger partial charge in [-0.3, -0.25) is 19.8 Å². The number of sulfonamides is 1. The summed E-state index contributed by atoms with van der Waals surface area (Å²) in [5.74, 6) is 0.550. The maximum atomic E-state index is 12.7. The van der Waals surface area contributed by atoms with E-state index in [4.69, 9.17) is 4.74 Å². The predicted molar refractivity (Wildman–Crippen MR) is 100 cm³/mol. The number of benzene rings is 2. The lowest BCUT2D eigenvalue weighted by Gasteiger charge is -2.14. The lowest BCUT2D eigenvalue weighted by molar-refractivity contribution is -0.384. The van der Waals surface area contributed by atoms with Gasteiger partial charge in [0.05, 0.1) is 28.3 Å². The van der Waals surface area contributed by atoms with Gasteiger partial charge < -0.3 is 4.74 Å². The van der Waals surface area contributed by atoms with Gasteiger partial charge in [0.1, 0.15) is 5.75 Å². The first-order valence-electron chi connectivity index (χ1n) is 7.77. The van der Waals surface area contributed by atoms with E-state index in [0.717, 1.165) is 12.1 Å². The number of nitro benzene ring substituents is 1. The first kappa shape index (κ1) is 18.3. The molecule has 0 saturated carbocycles. The van der Waals surface area contributed by atoms with Crippen LogP contribution in [0.5, 0.6) is 5.75 Å². The number of aromatic nitrogens is 1. The molecule has 1 N–H and O–H groups in total. The maximum absolute atomic E-state index is 12.7. The zero-order chi connectivity index (χ0) is 19.4. The highest BCUT2D eigenvalue weighted by Gasteiger charge is 2.19. The number of nitrogens with zero attached hydrogens (tertiary/aromatic N) is 2. The number of methoxy groups -OCH3 is 1. The summed E-state index contributed by atoms with van der Waals surface area (Å²) in [6.45, 7) is 0. The number of nitrogens with one attached hydrogen (secondary N) is 1. The summed E-state index contributed by atoms with van der Waals surface area (Å²) in [5.41, 5.74) is 1.23. The van der Waals surface area contributed by atoms with E-state index in [1.54, 1.807) is 42.6 Å². The summed E-state index contributed by atoms with van der Waals surface area (Å²) in [4.78, 5) is 14.3. The van der Waals surface area contributed by atoms with E-state index in [0.29, 0.717) is 22.7 Å². The third-order valence-corrected chi connectivity index (χ3v) is 5.15. The second-order valence-electron chi connectivity index (χ2n) is 5.48. The van der Waals surface area contributed by atoms with E-state index >= 15 is 0 Å². The summed E-state index contributed by atoms with van der Waals surface area (Å²) < 4.78 is 33.1. The maximum Gasteiger partial charge on any atom is 0.269 e. The van der Waals surface area contributed by atoms with Crippen LogP contribution in [0, 0.1) is 10.1 Å². The molecule has 1 aromatic heterocycles. The first-order valence-corrected chi connectivity index (χ1v) is 9.26. The minimum atomic E-state index is -3.95. The van der Waals surface area contributed by atoms with Gasteiger partial charge in [-0.15, -0.1) is 0 Å². The highest BCUT2D eigenvalue weighted by Crippen LogP contribution is 2.32. The fraction of sp³-hybridized carbons (Fsp3) is 0.0556. The number of rotatable bonds is 6. The van der Waals surface area contributed by atoms with E-state index in [1.165, 1.54) is 19.2 Å². The highest BCUT2D eigenvalue weighted by molar-refractivity contribution is 7.92. The van der Waals surface area contributed by atoms with Gasteiger partial charge in [-0.25, -0.2) is 8.42 Å². The SMILES string of the molecule is COc1ccc(NS(=O)(=O)c2ccc([N+](=O)[O-])cc2)c(-c2ccccn2)c1. The molecule has 0 aliphatic heterocycles. The van der Waals surface area contributed by atoms with E-state index in [1.807, 2.05) is 0 Å². The van der Waals surface area contributed by atoms with Crippen molar-refractivity contribution in [3.8, 4) is 17.0 Å². The Balaban J connectivity index is 2.00. The minimum absolute atomic E-state index is 0.0871. The van der Waals surface area contributed by atoms with Crippen molar-refractivity contribution in [2.75, 3.05) is 11.8 Å². The quantitative estimate of drug-likeness (QED) is 0.514. The largest absolute Gasteiger partial charge is 0.497 e. The van der Waals surface area contributed by atoms with Crippen LogP contribution in [0.1, 0.15) is 0 Å². The van der Waals surface area contributed by atoms with Crippen molar-refractivity contribution >= 4 is 21.4 Å². The Labute approximate surface area is 155 Å². The van der Waals surface area contributed by atoms with Crippen LogP contribution < -0.4 is 9.46 Å². The van der Waals surface area contributed by atoms with Gasteiger partial charge >= 0.3 is 0 Å². The molecule has 3 aromatic rings. The zero-order valence-corrected chi connectivity index (χ0v) is 15.0. The Kier molecular flexibility index (Phi) is 5.04. The molecule has 0 radical (unpaired) electrons. The van der Waals surface area contributed by atoms with Crippen molar-refractivity contribution in [1.29, 1.82) is 0 Å². The normalized spacial score (nSPS) is 11.0. The van der Waals surface area contributed by atoms with Gasteiger partial charge in [0, 0.05) is 23.9 Å². The summed E-state index contributed by atoms with van der Waals surface area (Å²) in [7, 11) is -2.43. The molecule has 3 rings (SSSR count). The second kappa shape index (κ2) is 7.42. The molecule has 0 fully saturated rings. The van der Waals surface area contributed by atoms with Crippen LogP contribution in [0.15, 0.2) is 71.8 Å². The number of hydrogen-bond acceptors (Lipinski definition) is 6. The van der Waals surface area contributed by atoms with E-state index in [2.05, 4.69) is 9.71 Å². The van der Waals surface area contributed by atoms with E-state index in [9.17, 15) is 18.5 Å². The lowest BCUT2D eigenvalue weighted by atomic mass is 10.1. The van der Waals surface area contributed by atoms with Crippen LogP contribution in [-0.4, -0.2) is 25.4 Å². The monoisotopic (exact) mass is 385 g/mol. The average Bonchev–Trinajstić information content (AvgIpc) is 2.69. The molecule has 8 nitrogen and oxygen atoms in total. The van der Waals surface area contributed by atoms with Crippen LogP contribution in [0.25, 0.3) is 11.3 Å². The summed E-state index contributed by atoms with van der Waals surface area (Å²) in [6.07, 6.45) is 1.60. The van der Waals surface area contributed by atoms with Crippen molar-refractivity contribution in [3.05, 3.63) is 77.0 Å². The zero-order valence-electron chi connectivity index (χ0n) is 14.2. The molecule has 0 spiro atoms. The smallest absolute Gasteiger partial charge is 0.269 e. The molecule has 0 saturated heterocycles. The van der Waals surface area contributed by atoms with Crippen LogP contribution in [0.4, 0.5) is 11.4 Å². The summed E-state index contributed by atoms with van der Waals surface area (Å²) in [5, 5.41) is 10.7. The number of nitro groups is 1. The Hall–Kier alpha value is -3.46. The van der Waals surface area contributed by atoms with Crippen molar-refractivity contribution in [1.82, 2.24) is 4.98 Å². The number of ether oxygens (including phenoxy) is 1. The number of anilines is 1. The van der Waals surface area contributed by atoms with Crippen LogP contribution in [0.3, 0.4) is 0 Å². The Bertz CT molecular complexity index is 1070. The summed E-state index contributed by atoms with van der Waals surface area (Å²) in [6, 6.07) is 14.8. The van der Waals surface area contributed by atoms with Gasteiger partial charge in [0.15, 0.2) is 0 Å². The molecule has 0 amide bonds. The van der Waals surface area contributed by atoms with Gasteiger partial charge in [-0.05, 0) is 42.5 Å². The molecule has 0 bridgehead atoms. The fourth-order valence-electron chi connectivity index (χ4n) is 2.42. The Morgan fingerprint density at radius 2 is 1.81 bits per heavy atom. The molecule has 9 heteroatoms. The number of non-ortho nitro benzene ring substituents is 1. The van der Waals surface area contributed by atoms with Gasteiger partial charge in [-0.1, -0.05) is 6.07 Å². The van der Waals surface area contributed by atoms with Gasteiger partial charge in [0.2, 0.25) is 0 Å². The molecule has 27 heavy (non-hydrogen) atoms. The third kappa shape index (κ3) is 4.04. The van der Waals surface area contributed by atoms with E-state index in [-0.39, 0.29) is 10.6 Å². The molecule has 1 heterocycles. The molecule has 0 aliphatic carbocycles. The van der Waals surface area contributed by atoms with Gasteiger partial charge in [-0.2, -0.15) is 0 Å². The fourth-order valence-corrected chi connectivity index (χ4v) is 3.50. The van der Waals surface area contributed by atoms with Crippen molar-refractivity contribution in [2.24, 2.45) is 0 Å². The molecule has 2 aromatic carbocycles. The molecule has 138 valence electrons. The molecular weight excluding hydrogens is 370 g/mol. The number of pyridine rings is 1. The minimum Gasteiger partial charge on any atom is -0.497 e.